The quantitative estimate of drug-likeness (QED) is 0.596. The lowest BCUT2D eigenvalue weighted by molar-refractivity contribution is -0.169. The first-order chi connectivity index (χ1) is 6.13. The number of hydroxylamine groups is 2. The van der Waals surface area contributed by atoms with Gasteiger partial charge in [0.2, 0.25) is 5.91 Å². The van der Waals surface area contributed by atoms with Gasteiger partial charge in [-0.05, 0) is 25.9 Å². The van der Waals surface area contributed by atoms with E-state index in [9.17, 15) is 4.79 Å². The summed E-state index contributed by atoms with van der Waals surface area (Å²) in [6, 6.07) is 0. The molecule has 0 aliphatic carbocycles. The van der Waals surface area contributed by atoms with Gasteiger partial charge in [-0.15, -0.1) is 0 Å². The molecule has 1 atom stereocenters. The summed E-state index contributed by atoms with van der Waals surface area (Å²) in [5.74, 6) is 0.581. The molecule has 1 unspecified atom stereocenters. The predicted molar refractivity (Wildman–Crippen MR) is 50.0 cm³/mol. The molecular formula is C9H18N2O2. The first kappa shape index (κ1) is 10.5. The third-order valence-electron chi connectivity index (χ3n) is 2.58. The van der Waals surface area contributed by atoms with Crippen molar-refractivity contribution in [2.45, 2.75) is 12.8 Å². The molecule has 1 aliphatic heterocycles. The summed E-state index contributed by atoms with van der Waals surface area (Å²) >= 11 is 0. The van der Waals surface area contributed by atoms with Gasteiger partial charge in [-0.1, -0.05) is 0 Å². The van der Waals surface area contributed by atoms with E-state index in [0.29, 0.717) is 12.3 Å². The molecule has 0 aromatic rings. The summed E-state index contributed by atoms with van der Waals surface area (Å²) in [5, 5.41) is 1.30. The highest BCUT2D eigenvalue weighted by molar-refractivity contribution is 5.75. The molecule has 0 radical (unpaired) electrons. The number of hydrogen-bond donors (Lipinski definition) is 0. The molecule has 13 heavy (non-hydrogen) atoms. The zero-order valence-electron chi connectivity index (χ0n) is 8.62. The van der Waals surface area contributed by atoms with Gasteiger partial charge < -0.3 is 4.90 Å². The van der Waals surface area contributed by atoms with Gasteiger partial charge in [0, 0.05) is 20.0 Å². The van der Waals surface area contributed by atoms with Crippen LogP contribution in [0.25, 0.3) is 0 Å². The monoisotopic (exact) mass is 186 g/mol. The summed E-state index contributed by atoms with van der Waals surface area (Å²) < 4.78 is 0. The van der Waals surface area contributed by atoms with Crippen LogP contribution in [0.3, 0.4) is 0 Å². The number of carbonyl (C=O) groups excluding carboxylic acids is 1. The Labute approximate surface area is 79.4 Å². The molecule has 0 saturated carbocycles. The fraction of sp³-hybridized carbons (Fsp3) is 0.889. The van der Waals surface area contributed by atoms with Crippen LogP contribution in [0, 0.1) is 5.92 Å². The van der Waals surface area contributed by atoms with E-state index in [2.05, 4.69) is 11.9 Å². The largest absolute Gasteiger partial charge is 0.306 e. The molecule has 1 saturated heterocycles. The maximum atomic E-state index is 11.4. The van der Waals surface area contributed by atoms with E-state index >= 15 is 0 Å². The van der Waals surface area contributed by atoms with Crippen molar-refractivity contribution in [1.82, 2.24) is 9.96 Å². The van der Waals surface area contributed by atoms with Crippen molar-refractivity contribution >= 4 is 5.91 Å². The highest BCUT2D eigenvalue weighted by Gasteiger charge is 2.23. The van der Waals surface area contributed by atoms with Gasteiger partial charge in [-0.3, -0.25) is 9.63 Å². The number of likely N-dealkylation sites (tertiary alicyclic amines) is 1. The molecule has 76 valence electrons. The Morgan fingerprint density at radius 1 is 1.69 bits per heavy atom. The number of nitrogens with zero attached hydrogens (tertiary/aromatic N) is 2. The number of carbonyl (C=O) groups is 1. The van der Waals surface area contributed by atoms with Gasteiger partial charge in [-0.2, -0.15) is 0 Å². The molecule has 0 spiro atoms. The van der Waals surface area contributed by atoms with Crippen molar-refractivity contribution in [3.05, 3.63) is 0 Å². The number of hydrogen-bond acceptors (Lipinski definition) is 3. The molecular weight excluding hydrogens is 168 g/mol. The third-order valence-corrected chi connectivity index (χ3v) is 2.58. The molecule has 1 rings (SSSR count). The normalized spacial score (nSPS) is 23.5. The van der Waals surface area contributed by atoms with Gasteiger partial charge in [0.15, 0.2) is 0 Å². The van der Waals surface area contributed by atoms with Crippen molar-refractivity contribution < 1.29 is 9.63 Å². The standard InChI is InChI=1S/C9H18N2O2/c1-10-5-4-8(7-10)6-9(12)11(2)13-3/h8H,4-7H2,1-3H3. The Morgan fingerprint density at radius 2 is 2.38 bits per heavy atom. The zero-order valence-corrected chi connectivity index (χ0v) is 8.62. The van der Waals surface area contributed by atoms with Gasteiger partial charge in [-0.25, -0.2) is 5.06 Å². The summed E-state index contributed by atoms with van der Waals surface area (Å²) in [5.41, 5.74) is 0. The van der Waals surface area contributed by atoms with Crippen LogP contribution in [-0.2, 0) is 9.63 Å². The van der Waals surface area contributed by atoms with Gasteiger partial charge in [0.05, 0.1) is 7.11 Å². The molecule has 0 bridgehead atoms. The van der Waals surface area contributed by atoms with Gasteiger partial charge >= 0.3 is 0 Å². The van der Waals surface area contributed by atoms with Crippen molar-refractivity contribution in [2.24, 2.45) is 5.92 Å². The van der Waals surface area contributed by atoms with E-state index in [-0.39, 0.29) is 5.91 Å². The maximum Gasteiger partial charge on any atom is 0.246 e. The summed E-state index contributed by atoms with van der Waals surface area (Å²) in [6.45, 7) is 2.14. The van der Waals surface area contributed by atoms with Crippen molar-refractivity contribution in [2.75, 3.05) is 34.3 Å². The second-order valence-electron chi connectivity index (χ2n) is 3.69. The molecule has 1 aliphatic rings. The third kappa shape index (κ3) is 2.97. The van der Waals surface area contributed by atoms with Crippen LogP contribution >= 0.6 is 0 Å². The fourth-order valence-electron chi connectivity index (χ4n) is 1.67. The predicted octanol–water partition coefficient (Wildman–Crippen LogP) is 0.348. The first-order valence-electron chi connectivity index (χ1n) is 4.62. The van der Waals surface area contributed by atoms with Crippen LogP contribution in [0.2, 0.25) is 0 Å². The van der Waals surface area contributed by atoms with E-state index in [1.54, 1.807) is 7.05 Å². The smallest absolute Gasteiger partial charge is 0.246 e. The highest BCUT2D eigenvalue weighted by atomic mass is 16.7. The Balaban J connectivity index is 2.28. The molecule has 4 nitrogen and oxygen atoms in total. The molecule has 4 heteroatoms. The second kappa shape index (κ2) is 4.58. The molecule has 0 N–H and O–H groups in total. The fourth-order valence-corrected chi connectivity index (χ4v) is 1.67. The average Bonchev–Trinajstić information content (AvgIpc) is 2.49. The topological polar surface area (TPSA) is 32.8 Å². The van der Waals surface area contributed by atoms with E-state index in [0.717, 1.165) is 19.5 Å². The first-order valence-corrected chi connectivity index (χ1v) is 4.62. The lowest BCUT2D eigenvalue weighted by Gasteiger charge is -2.16. The van der Waals surface area contributed by atoms with Crippen LogP contribution in [0.4, 0.5) is 0 Å². The van der Waals surface area contributed by atoms with Crippen molar-refractivity contribution in [3.8, 4) is 0 Å². The van der Waals surface area contributed by atoms with Crippen LogP contribution < -0.4 is 0 Å². The Morgan fingerprint density at radius 3 is 2.85 bits per heavy atom. The Kier molecular flexibility index (Phi) is 3.69. The molecule has 1 heterocycles. The number of rotatable bonds is 3. The lowest BCUT2D eigenvalue weighted by Crippen LogP contribution is -2.28. The van der Waals surface area contributed by atoms with Crippen molar-refractivity contribution in [3.63, 3.8) is 0 Å². The van der Waals surface area contributed by atoms with Gasteiger partial charge in [0.25, 0.3) is 0 Å². The summed E-state index contributed by atoms with van der Waals surface area (Å²) in [4.78, 5) is 18.5. The SMILES string of the molecule is CON(C)C(=O)CC1CCN(C)C1. The van der Waals surface area contributed by atoms with E-state index in [4.69, 9.17) is 4.84 Å². The van der Waals surface area contributed by atoms with Crippen LogP contribution in [0.5, 0.6) is 0 Å². The van der Waals surface area contributed by atoms with E-state index in [1.807, 2.05) is 0 Å². The van der Waals surface area contributed by atoms with Crippen LogP contribution in [0.15, 0.2) is 0 Å². The molecule has 1 fully saturated rings. The molecule has 1 amide bonds. The average molecular weight is 186 g/mol. The Bertz CT molecular complexity index is 184. The maximum absolute atomic E-state index is 11.4. The highest BCUT2D eigenvalue weighted by Crippen LogP contribution is 2.18. The van der Waals surface area contributed by atoms with Crippen molar-refractivity contribution in [1.29, 1.82) is 0 Å². The zero-order chi connectivity index (χ0) is 9.84. The minimum Gasteiger partial charge on any atom is -0.306 e. The number of amides is 1. The van der Waals surface area contributed by atoms with E-state index < -0.39 is 0 Å². The minimum atomic E-state index is 0.0720. The van der Waals surface area contributed by atoms with Crippen LogP contribution in [0.1, 0.15) is 12.8 Å². The van der Waals surface area contributed by atoms with Crippen LogP contribution in [-0.4, -0.2) is 50.2 Å². The van der Waals surface area contributed by atoms with Gasteiger partial charge in [0.1, 0.15) is 0 Å². The molecule has 0 aromatic carbocycles. The lowest BCUT2D eigenvalue weighted by atomic mass is 10.0. The summed E-state index contributed by atoms with van der Waals surface area (Å²) in [7, 11) is 5.25. The Hall–Kier alpha value is -0.610. The molecule has 0 aromatic heterocycles. The minimum absolute atomic E-state index is 0.0720. The van der Waals surface area contributed by atoms with E-state index in [1.165, 1.54) is 12.2 Å². The second-order valence-corrected chi connectivity index (χ2v) is 3.69. The summed E-state index contributed by atoms with van der Waals surface area (Å²) in [6.07, 6.45) is 1.73.